The minimum absolute atomic E-state index is 0.0593. The molecule has 4 rings (SSSR count). The Morgan fingerprint density at radius 2 is 1.08 bits per heavy atom. The van der Waals surface area contributed by atoms with E-state index in [-0.39, 0.29) is 51.6 Å². The van der Waals surface area contributed by atoms with E-state index < -0.39 is 35.3 Å². The zero-order chi connectivity index (χ0) is 26.7. The number of hydrogen-bond donors (Lipinski definition) is 3. The molecule has 0 heterocycles. The zero-order valence-corrected chi connectivity index (χ0v) is 19.1. The molecule has 9 heteroatoms. The summed E-state index contributed by atoms with van der Waals surface area (Å²) >= 11 is 0. The summed E-state index contributed by atoms with van der Waals surface area (Å²) in [5.74, 6) is -5.04. The molecule has 4 aromatic carbocycles. The topological polar surface area (TPSA) is 121 Å². The second-order valence-electron chi connectivity index (χ2n) is 8.19. The average molecular weight is 503 g/mol. The summed E-state index contributed by atoms with van der Waals surface area (Å²) in [7, 11) is 0. The number of Topliss-reactive ketones (excluding diaryl/α,β-unsaturated/α-hetero) is 1. The normalized spacial score (nSPS) is 10.8. The van der Waals surface area contributed by atoms with E-state index in [4.69, 9.17) is 0 Å². The van der Waals surface area contributed by atoms with Crippen LogP contribution in [0.4, 0.5) is 14.5 Å². The van der Waals surface area contributed by atoms with Crippen LogP contribution in [0.2, 0.25) is 0 Å². The molecule has 0 saturated carbocycles. The first-order chi connectivity index (χ1) is 17.7. The van der Waals surface area contributed by atoms with Gasteiger partial charge in [-0.05, 0) is 72.6 Å². The third-order valence-electron chi connectivity index (χ3n) is 5.82. The van der Waals surface area contributed by atoms with Gasteiger partial charge in [0.15, 0.2) is 5.78 Å². The van der Waals surface area contributed by atoms with E-state index in [2.05, 4.69) is 5.32 Å². The molecule has 37 heavy (non-hydrogen) atoms. The van der Waals surface area contributed by atoms with Crippen molar-refractivity contribution < 1.29 is 38.2 Å². The third-order valence-corrected chi connectivity index (χ3v) is 5.82. The van der Waals surface area contributed by atoms with E-state index in [0.29, 0.717) is 5.56 Å². The lowest BCUT2D eigenvalue weighted by molar-refractivity contribution is 0.0686. The van der Waals surface area contributed by atoms with E-state index in [1.807, 2.05) is 0 Å². The fraction of sp³-hybridized carbons (Fsp3) is 0.0714. The third kappa shape index (κ3) is 5.35. The van der Waals surface area contributed by atoms with Gasteiger partial charge in [0.2, 0.25) is 0 Å². The number of ketones is 1. The van der Waals surface area contributed by atoms with Crippen molar-refractivity contribution in [1.82, 2.24) is 0 Å². The van der Waals surface area contributed by atoms with Gasteiger partial charge in [-0.3, -0.25) is 9.59 Å². The number of hydrogen-bond acceptors (Lipinski definition) is 4. The summed E-state index contributed by atoms with van der Waals surface area (Å²) < 4.78 is 26.4. The molecule has 0 aromatic heterocycles. The van der Waals surface area contributed by atoms with Gasteiger partial charge in [0.25, 0.3) is 5.91 Å². The minimum atomic E-state index is -1.42. The maximum atomic E-state index is 13.2. The molecule has 7 nitrogen and oxygen atoms in total. The van der Waals surface area contributed by atoms with Gasteiger partial charge in [0, 0.05) is 34.0 Å². The first-order valence-corrected chi connectivity index (χ1v) is 11.1. The predicted octanol–water partition coefficient (Wildman–Crippen LogP) is 5.58. The smallest absolute Gasteiger partial charge is 0.336 e. The van der Waals surface area contributed by atoms with Gasteiger partial charge in [0.1, 0.15) is 11.6 Å². The number of benzene rings is 4. The van der Waals surface area contributed by atoms with Crippen molar-refractivity contribution >= 4 is 40.1 Å². The molecule has 0 fully saturated rings. The molecule has 4 aromatic rings. The van der Waals surface area contributed by atoms with E-state index >= 15 is 0 Å². The molecular formula is C28H19F2NO6. The standard InChI is InChI=1S/C28H19F2NO6/c29-16-4-1-15(2-5-16)3-14-23(32)19-10-12-22(28(36)37)25-20(11-13-21(24(19)25)27(34)35)26(33)31-18-8-6-17(30)7-9-18/h1-2,4-13H,3,14H2,(H,31,33)(H,34,35)(H,36,37). The van der Waals surface area contributed by atoms with Crippen LogP contribution in [0.15, 0.2) is 72.8 Å². The average Bonchev–Trinajstić information content (AvgIpc) is 2.87. The summed E-state index contributed by atoms with van der Waals surface area (Å²) in [6.07, 6.45) is 0.159. The van der Waals surface area contributed by atoms with Crippen LogP contribution in [0, 0.1) is 11.6 Å². The Kier molecular flexibility index (Phi) is 7.06. The fourth-order valence-electron chi connectivity index (χ4n) is 4.05. The number of amides is 1. The highest BCUT2D eigenvalue weighted by molar-refractivity contribution is 6.25. The van der Waals surface area contributed by atoms with Crippen molar-refractivity contribution in [2.75, 3.05) is 5.32 Å². The molecule has 0 aliphatic rings. The first-order valence-electron chi connectivity index (χ1n) is 11.1. The molecule has 3 N–H and O–H groups in total. The highest BCUT2D eigenvalue weighted by Crippen LogP contribution is 2.32. The van der Waals surface area contributed by atoms with Gasteiger partial charge in [-0.15, -0.1) is 0 Å². The van der Waals surface area contributed by atoms with Crippen molar-refractivity contribution in [2.45, 2.75) is 12.8 Å². The van der Waals surface area contributed by atoms with Crippen LogP contribution in [0.1, 0.15) is 53.4 Å². The van der Waals surface area contributed by atoms with E-state index in [9.17, 15) is 38.2 Å². The quantitative estimate of drug-likeness (QED) is 0.270. The fourth-order valence-corrected chi connectivity index (χ4v) is 4.05. The number of rotatable bonds is 8. The molecular weight excluding hydrogens is 484 g/mol. The molecule has 0 spiro atoms. The molecule has 0 unspecified atom stereocenters. The minimum Gasteiger partial charge on any atom is -0.478 e. The molecule has 0 atom stereocenters. The highest BCUT2D eigenvalue weighted by Gasteiger charge is 2.25. The Bertz CT molecular complexity index is 1550. The molecule has 0 radical (unpaired) electrons. The summed E-state index contributed by atoms with van der Waals surface area (Å²) in [6, 6.07) is 15.1. The van der Waals surface area contributed by atoms with Crippen molar-refractivity contribution in [1.29, 1.82) is 0 Å². The Labute approximate surface area is 209 Å². The number of aromatic carboxylic acids is 2. The van der Waals surface area contributed by atoms with Gasteiger partial charge < -0.3 is 15.5 Å². The van der Waals surface area contributed by atoms with Gasteiger partial charge in [-0.25, -0.2) is 18.4 Å². The van der Waals surface area contributed by atoms with Crippen LogP contribution < -0.4 is 5.32 Å². The van der Waals surface area contributed by atoms with Crippen LogP contribution in [0.25, 0.3) is 10.8 Å². The Morgan fingerprint density at radius 3 is 1.62 bits per heavy atom. The lowest BCUT2D eigenvalue weighted by Crippen LogP contribution is -2.16. The maximum absolute atomic E-state index is 13.2. The largest absolute Gasteiger partial charge is 0.478 e. The lowest BCUT2D eigenvalue weighted by atomic mass is 9.88. The van der Waals surface area contributed by atoms with Gasteiger partial charge in [-0.1, -0.05) is 12.1 Å². The summed E-state index contributed by atoms with van der Waals surface area (Å²) in [5, 5.41) is 21.8. The predicted molar refractivity (Wildman–Crippen MR) is 131 cm³/mol. The Hall–Kier alpha value is -4.92. The van der Waals surface area contributed by atoms with Gasteiger partial charge in [0.05, 0.1) is 11.1 Å². The number of fused-ring (bicyclic) bond motifs is 1. The molecule has 186 valence electrons. The summed E-state index contributed by atoms with van der Waals surface area (Å²) in [6.45, 7) is 0. The highest BCUT2D eigenvalue weighted by atomic mass is 19.1. The summed E-state index contributed by atoms with van der Waals surface area (Å²) in [5.41, 5.74) is -0.0332. The van der Waals surface area contributed by atoms with Gasteiger partial charge >= 0.3 is 11.9 Å². The second kappa shape index (κ2) is 10.4. The number of carbonyl (C=O) groups excluding carboxylic acids is 2. The van der Waals surface area contributed by atoms with E-state index in [0.717, 1.165) is 24.3 Å². The Morgan fingerprint density at radius 1 is 0.622 bits per heavy atom. The van der Waals surface area contributed by atoms with Crippen molar-refractivity contribution in [3.05, 3.63) is 112 Å². The van der Waals surface area contributed by atoms with E-state index in [1.54, 1.807) is 0 Å². The maximum Gasteiger partial charge on any atom is 0.336 e. The number of carboxylic acid groups (broad SMARTS) is 2. The van der Waals surface area contributed by atoms with Crippen LogP contribution >= 0.6 is 0 Å². The number of anilines is 1. The Balaban J connectivity index is 1.83. The SMILES string of the molecule is O=C(O)c1ccc(C(=O)Nc2ccc(F)cc2)c2c(C(=O)O)ccc(C(=O)CCc3ccc(F)cc3)c12. The number of nitrogens with one attached hydrogen (secondary N) is 1. The van der Waals surface area contributed by atoms with Crippen LogP contribution in [-0.2, 0) is 6.42 Å². The number of carboxylic acids is 2. The van der Waals surface area contributed by atoms with Crippen molar-refractivity contribution in [3.8, 4) is 0 Å². The number of carbonyl (C=O) groups is 4. The number of aryl methyl sites for hydroxylation is 1. The van der Waals surface area contributed by atoms with Crippen LogP contribution in [0.3, 0.4) is 0 Å². The lowest BCUT2D eigenvalue weighted by Gasteiger charge is -2.15. The van der Waals surface area contributed by atoms with E-state index in [1.165, 1.54) is 48.5 Å². The zero-order valence-electron chi connectivity index (χ0n) is 19.1. The summed E-state index contributed by atoms with van der Waals surface area (Å²) in [4.78, 5) is 50.4. The molecule has 0 bridgehead atoms. The first kappa shape index (κ1) is 25.2. The molecule has 0 aliphatic heterocycles. The van der Waals surface area contributed by atoms with Crippen LogP contribution in [0.5, 0.6) is 0 Å². The van der Waals surface area contributed by atoms with Crippen molar-refractivity contribution in [2.24, 2.45) is 0 Å². The molecule has 0 saturated heterocycles. The molecule has 1 amide bonds. The molecule has 0 aliphatic carbocycles. The van der Waals surface area contributed by atoms with Crippen molar-refractivity contribution in [3.63, 3.8) is 0 Å². The second-order valence-corrected chi connectivity index (χ2v) is 8.19. The van der Waals surface area contributed by atoms with Gasteiger partial charge in [-0.2, -0.15) is 0 Å². The van der Waals surface area contributed by atoms with Crippen LogP contribution in [-0.4, -0.2) is 33.8 Å². The number of halogens is 2. The monoisotopic (exact) mass is 503 g/mol.